The molecule has 0 aliphatic carbocycles. The average molecular weight is 476 g/mol. The van der Waals surface area contributed by atoms with Crippen LogP contribution in [0.3, 0.4) is 0 Å². The summed E-state index contributed by atoms with van der Waals surface area (Å²) in [7, 11) is 0. The van der Waals surface area contributed by atoms with Gasteiger partial charge in [-0.3, -0.25) is 4.79 Å². The Bertz CT molecular complexity index is 1140. The van der Waals surface area contributed by atoms with Crippen LogP contribution in [0.15, 0.2) is 65.7 Å². The van der Waals surface area contributed by atoms with E-state index in [0.29, 0.717) is 12.5 Å². The molecule has 7 nitrogen and oxygen atoms in total. The molecule has 1 aromatic heterocycles. The number of hydrogen-bond acceptors (Lipinski definition) is 4. The molecule has 0 bridgehead atoms. The molecule has 35 heavy (non-hydrogen) atoms. The first-order valence-corrected chi connectivity index (χ1v) is 12.8. The maximum Gasteiger partial charge on any atom is 0.350 e. The van der Waals surface area contributed by atoms with Crippen molar-refractivity contribution in [3.63, 3.8) is 0 Å². The van der Waals surface area contributed by atoms with Crippen molar-refractivity contribution in [1.29, 1.82) is 0 Å². The van der Waals surface area contributed by atoms with E-state index >= 15 is 0 Å². The summed E-state index contributed by atoms with van der Waals surface area (Å²) in [5, 5.41) is 7.38. The zero-order valence-corrected chi connectivity index (χ0v) is 21.1. The number of anilines is 1. The third-order valence-electron chi connectivity index (χ3n) is 6.83. The van der Waals surface area contributed by atoms with Crippen LogP contribution >= 0.6 is 0 Å². The molecule has 7 heteroatoms. The van der Waals surface area contributed by atoms with Gasteiger partial charge in [0, 0.05) is 31.4 Å². The van der Waals surface area contributed by atoms with Crippen LogP contribution in [0.1, 0.15) is 57.9 Å². The van der Waals surface area contributed by atoms with Crippen molar-refractivity contribution in [1.82, 2.24) is 19.7 Å². The number of carbonyl (C=O) groups excluding carboxylic acids is 1. The second-order valence-corrected chi connectivity index (χ2v) is 9.75. The van der Waals surface area contributed by atoms with Crippen LogP contribution < -0.4 is 15.9 Å². The number of nitrogens with zero attached hydrogens (tertiary/aromatic N) is 4. The molecule has 0 radical (unpaired) electrons. The topological polar surface area (TPSA) is 72.2 Å². The van der Waals surface area contributed by atoms with Gasteiger partial charge in [0.2, 0.25) is 5.91 Å². The van der Waals surface area contributed by atoms with E-state index in [9.17, 15) is 9.59 Å². The first kappa shape index (κ1) is 24.8. The standard InChI is InChI=1S/C28H37N5O2/c1-4-5-17-33-28(35)32(20-29-33)25-13-11-24(12-14-25)31-18-15-23(16-19-31)26(27(34)30-21(2)3)22-9-7-6-8-10-22/h6-14,20-21,23,26H,4-5,15-19H2,1-3H3,(H,30,34). The van der Waals surface area contributed by atoms with Gasteiger partial charge in [-0.1, -0.05) is 43.7 Å². The second kappa shape index (κ2) is 11.4. The fourth-order valence-electron chi connectivity index (χ4n) is 4.96. The molecule has 1 fully saturated rings. The van der Waals surface area contributed by atoms with Gasteiger partial charge in [0.25, 0.3) is 0 Å². The normalized spacial score (nSPS) is 15.4. The molecule has 1 unspecified atom stereocenters. The van der Waals surface area contributed by atoms with Crippen LogP contribution in [0.2, 0.25) is 0 Å². The van der Waals surface area contributed by atoms with Gasteiger partial charge in [0.05, 0.1) is 11.6 Å². The summed E-state index contributed by atoms with van der Waals surface area (Å²) in [5.74, 6) is 0.303. The molecule has 0 spiro atoms. The van der Waals surface area contributed by atoms with E-state index < -0.39 is 0 Å². The minimum atomic E-state index is -0.126. The Morgan fingerprint density at radius 3 is 2.31 bits per heavy atom. The van der Waals surface area contributed by atoms with Crippen molar-refractivity contribution in [2.75, 3.05) is 18.0 Å². The number of aryl methyl sites for hydroxylation is 1. The molecule has 3 aromatic rings. The maximum absolute atomic E-state index is 13.1. The maximum atomic E-state index is 13.1. The van der Waals surface area contributed by atoms with E-state index in [1.165, 1.54) is 4.68 Å². The molecule has 1 saturated heterocycles. The predicted octanol–water partition coefficient (Wildman–Crippen LogP) is 4.36. The molecule has 0 saturated carbocycles. The minimum absolute atomic E-state index is 0.0985. The lowest BCUT2D eigenvalue weighted by molar-refractivity contribution is -0.124. The third-order valence-corrected chi connectivity index (χ3v) is 6.83. The van der Waals surface area contributed by atoms with E-state index in [0.717, 1.165) is 55.7 Å². The summed E-state index contributed by atoms with van der Waals surface area (Å²) >= 11 is 0. The van der Waals surface area contributed by atoms with E-state index in [2.05, 4.69) is 46.5 Å². The van der Waals surface area contributed by atoms with Gasteiger partial charge in [-0.05, 0) is 68.9 Å². The van der Waals surface area contributed by atoms with Crippen LogP contribution in [0.5, 0.6) is 0 Å². The highest BCUT2D eigenvalue weighted by molar-refractivity contribution is 5.84. The fraction of sp³-hybridized carbons (Fsp3) is 0.464. The predicted molar refractivity (Wildman–Crippen MR) is 140 cm³/mol. The van der Waals surface area contributed by atoms with Crippen molar-refractivity contribution in [3.8, 4) is 5.69 Å². The Kier molecular flexibility index (Phi) is 8.06. The van der Waals surface area contributed by atoms with Crippen molar-refractivity contribution in [2.45, 2.75) is 65.0 Å². The third kappa shape index (κ3) is 5.84. The zero-order chi connectivity index (χ0) is 24.8. The van der Waals surface area contributed by atoms with Crippen LogP contribution in [0.4, 0.5) is 5.69 Å². The van der Waals surface area contributed by atoms with Gasteiger partial charge in [-0.25, -0.2) is 14.0 Å². The van der Waals surface area contributed by atoms with Crippen LogP contribution in [-0.4, -0.2) is 39.4 Å². The first-order valence-electron chi connectivity index (χ1n) is 12.8. The van der Waals surface area contributed by atoms with Crippen molar-refractivity contribution in [2.24, 2.45) is 5.92 Å². The number of unbranched alkanes of at least 4 members (excludes halogenated alkanes) is 1. The Labute approximate surface area is 207 Å². The van der Waals surface area contributed by atoms with Crippen molar-refractivity contribution < 1.29 is 4.79 Å². The van der Waals surface area contributed by atoms with E-state index in [1.807, 2.05) is 44.2 Å². The summed E-state index contributed by atoms with van der Waals surface area (Å²) in [4.78, 5) is 28.1. The first-order chi connectivity index (χ1) is 17.0. The quantitative estimate of drug-likeness (QED) is 0.499. The average Bonchev–Trinajstić information content (AvgIpc) is 3.23. The number of hydrogen-bond donors (Lipinski definition) is 1. The molecule has 1 amide bonds. The number of piperidine rings is 1. The lowest BCUT2D eigenvalue weighted by Crippen LogP contribution is -2.42. The Morgan fingerprint density at radius 1 is 1.03 bits per heavy atom. The van der Waals surface area contributed by atoms with Gasteiger partial charge in [-0.15, -0.1) is 0 Å². The number of carbonyl (C=O) groups is 1. The summed E-state index contributed by atoms with van der Waals surface area (Å²) in [6.45, 7) is 8.57. The number of nitrogens with one attached hydrogen (secondary N) is 1. The van der Waals surface area contributed by atoms with E-state index in [-0.39, 0.29) is 23.6 Å². The summed E-state index contributed by atoms with van der Waals surface area (Å²) in [6.07, 6.45) is 5.48. The SMILES string of the molecule is CCCCn1ncn(-c2ccc(N3CCC(C(C(=O)NC(C)C)c4ccccc4)CC3)cc2)c1=O. The number of rotatable bonds is 9. The molecular formula is C28H37N5O2. The zero-order valence-electron chi connectivity index (χ0n) is 21.1. The highest BCUT2D eigenvalue weighted by atomic mass is 16.2. The molecule has 2 heterocycles. The van der Waals surface area contributed by atoms with Gasteiger partial charge in [0.1, 0.15) is 6.33 Å². The molecule has 1 aliphatic rings. The smallest absolute Gasteiger partial charge is 0.350 e. The van der Waals surface area contributed by atoms with Crippen LogP contribution in [0, 0.1) is 5.92 Å². The number of benzene rings is 2. The summed E-state index contributed by atoms with van der Waals surface area (Å²) in [6, 6.07) is 18.4. The highest BCUT2D eigenvalue weighted by Gasteiger charge is 2.33. The van der Waals surface area contributed by atoms with Gasteiger partial charge >= 0.3 is 5.69 Å². The molecule has 4 rings (SSSR count). The van der Waals surface area contributed by atoms with Gasteiger partial charge < -0.3 is 10.2 Å². The van der Waals surface area contributed by atoms with Crippen LogP contribution in [0.25, 0.3) is 5.69 Å². The van der Waals surface area contributed by atoms with E-state index in [1.54, 1.807) is 10.9 Å². The minimum Gasteiger partial charge on any atom is -0.372 e. The molecule has 1 aliphatic heterocycles. The molecule has 2 aromatic carbocycles. The van der Waals surface area contributed by atoms with Crippen molar-refractivity contribution in [3.05, 3.63) is 77.0 Å². The van der Waals surface area contributed by atoms with Gasteiger partial charge in [-0.2, -0.15) is 5.10 Å². The van der Waals surface area contributed by atoms with Gasteiger partial charge in [0.15, 0.2) is 0 Å². The van der Waals surface area contributed by atoms with Crippen LogP contribution in [-0.2, 0) is 11.3 Å². The Hall–Kier alpha value is -3.35. The largest absolute Gasteiger partial charge is 0.372 e. The number of aromatic nitrogens is 3. The lowest BCUT2D eigenvalue weighted by atomic mass is 9.79. The summed E-state index contributed by atoms with van der Waals surface area (Å²) in [5.41, 5.74) is 2.96. The summed E-state index contributed by atoms with van der Waals surface area (Å²) < 4.78 is 3.13. The monoisotopic (exact) mass is 475 g/mol. The molecule has 1 atom stereocenters. The highest BCUT2D eigenvalue weighted by Crippen LogP contribution is 2.34. The second-order valence-electron chi connectivity index (χ2n) is 9.75. The molecule has 1 N–H and O–H groups in total. The van der Waals surface area contributed by atoms with Crippen molar-refractivity contribution >= 4 is 11.6 Å². The fourth-order valence-corrected chi connectivity index (χ4v) is 4.96. The van der Waals surface area contributed by atoms with E-state index in [4.69, 9.17) is 0 Å². The molecule has 186 valence electrons. The Balaban J connectivity index is 1.43. The molecular weight excluding hydrogens is 438 g/mol. The lowest BCUT2D eigenvalue weighted by Gasteiger charge is -2.37. The number of amides is 1. The Morgan fingerprint density at radius 2 is 1.69 bits per heavy atom.